The van der Waals surface area contributed by atoms with Crippen LogP contribution in [-0.4, -0.2) is 63.5 Å². The topological polar surface area (TPSA) is 66.9 Å². The van der Waals surface area contributed by atoms with Crippen LogP contribution in [0.4, 0.5) is 13.2 Å². The van der Waals surface area contributed by atoms with Gasteiger partial charge < -0.3 is 4.74 Å². The molecule has 0 rings (SSSR count). The molecule has 0 radical (unpaired) electrons. The van der Waals surface area contributed by atoms with Crippen molar-refractivity contribution in [1.82, 2.24) is 8.61 Å². The molecule has 108 valence electrons. The van der Waals surface area contributed by atoms with Crippen molar-refractivity contribution in [3.05, 3.63) is 0 Å². The van der Waals surface area contributed by atoms with Crippen molar-refractivity contribution in [2.24, 2.45) is 0 Å². The molecule has 0 atom stereocenters. The minimum absolute atomic E-state index is 0.171. The van der Waals surface area contributed by atoms with Crippen molar-refractivity contribution < 1.29 is 31.1 Å². The second-order valence-electron chi connectivity index (χ2n) is 3.53. The van der Waals surface area contributed by atoms with E-state index in [9.17, 15) is 26.4 Å². The first-order valence-electron chi connectivity index (χ1n) is 4.82. The van der Waals surface area contributed by atoms with Crippen LogP contribution in [0.1, 0.15) is 6.42 Å². The van der Waals surface area contributed by atoms with Crippen LogP contribution in [0.25, 0.3) is 0 Å². The number of carbonyl (C=O) groups excluding carboxylic acids is 1. The highest BCUT2D eigenvalue weighted by molar-refractivity contribution is 7.86. The lowest BCUT2D eigenvalue weighted by Gasteiger charge is -2.24. The number of nitrogens with zero attached hydrogens (tertiary/aromatic N) is 2. The Labute approximate surface area is 103 Å². The lowest BCUT2D eigenvalue weighted by atomic mass is 10.4. The van der Waals surface area contributed by atoms with Crippen molar-refractivity contribution >= 4 is 16.2 Å². The van der Waals surface area contributed by atoms with Crippen LogP contribution < -0.4 is 0 Å². The van der Waals surface area contributed by atoms with Crippen LogP contribution in [-0.2, 0) is 19.7 Å². The van der Waals surface area contributed by atoms with Gasteiger partial charge in [0.1, 0.15) is 6.54 Å². The molecule has 0 spiro atoms. The number of hydrogen-bond donors (Lipinski definition) is 0. The lowest BCUT2D eigenvalue weighted by molar-refractivity contribution is -0.141. The Morgan fingerprint density at radius 3 is 2.11 bits per heavy atom. The monoisotopic (exact) mass is 292 g/mol. The van der Waals surface area contributed by atoms with Gasteiger partial charge in [-0.25, -0.2) is 0 Å². The Morgan fingerprint density at radius 1 is 1.22 bits per heavy atom. The molecule has 0 bridgehead atoms. The highest BCUT2D eigenvalue weighted by Gasteiger charge is 2.35. The summed E-state index contributed by atoms with van der Waals surface area (Å²) in [6.45, 7) is -1.84. The van der Waals surface area contributed by atoms with Crippen molar-refractivity contribution in [2.45, 2.75) is 12.6 Å². The molecule has 0 aromatic rings. The molecule has 0 saturated heterocycles. The first kappa shape index (κ1) is 17.1. The third kappa shape index (κ3) is 5.65. The average molecular weight is 292 g/mol. The number of halogens is 3. The number of methoxy groups -OCH3 is 1. The fourth-order valence-corrected chi connectivity index (χ4v) is 2.15. The van der Waals surface area contributed by atoms with E-state index in [4.69, 9.17) is 0 Å². The summed E-state index contributed by atoms with van der Waals surface area (Å²) in [6, 6.07) is 0. The molecule has 0 aromatic heterocycles. The Morgan fingerprint density at radius 2 is 1.72 bits per heavy atom. The predicted molar refractivity (Wildman–Crippen MR) is 56.9 cm³/mol. The highest BCUT2D eigenvalue weighted by atomic mass is 32.2. The predicted octanol–water partition coefficient (Wildman–Crippen LogP) is 0.220. The van der Waals surface area contributed by atoms with E-state index in [0.29, 0.717) is 4.31 Å². The molecule has 10 heteroatoms. The number of esters is 1. The van der Waals surface area contributed by atoms with Crippen molar-refractivity contribution in [1.29, 1.82) is 0 Å². The van der Waals surface area contributed by atoms with Crippen LogP contribution in [0, 0.1) is 0 Å². The van der Waals surface area contributed by atoms with Gasteiger partial charge in [-0.3, -0.25) is 4.79 Å². The molecule has 0 N–H and O–H groups in total. The van der Waals surface area contributed by atoms with E-state index in [2.05, 4.69) is 4.74 Å². The lowest BCUT2D eigenvalue weighted by Crippen LogP contribution is -2.44. The maximum absolute atomic E-state index is 12.1. The average Bonchev–Trinajstić information content (AvgIpc) is 2.22. The normalized spacial score (nSPS) is 13.1. The van der Waals surface area contributed by atoms with Gasteiger partial charge in [-0.15, -0.1) is 0 Å². The van der Waals surface area contributed by atoms with Gasteiger partial charge in [0.15, 0.2) is 0 Å². The van der Waals surface area contributed by atoms with E-state index < -0.39 is 28.9 Å². The minimum atomic E-state index is -4.62. The second-order valence-corrected chi connectivity index (χ2v) is 5.67. The summed E-state index contributed by atoms with van der Waals surface area (Å²) in [7, 11) is -1.20. The maximum atomic E-state index is 12.1. The number of alkyl halides is 3. The molecule has 18 heavy (non-hydrogen) atoms. The maximum Gasteiger partial charge on any atom is 0.402 e. The fourth-order valence-electron chi connectivity index (χ4n) is 1.04. The Bertz CT molecular complexity index is 382. The van der Waals surface area contributed by atoms with E-state index in [1.165, 1.54) is 0 Å². The van der Waals surface area contributed by atoms with Crippen LogP contribution in [0.3, 0.4) is 0 Å². The van der Waals surface area contributed by atoms with Gasteiger partial charge in [0.05, 0.1) is 13.5 Å². The molecule has 0 amide bonds. The standard InChI is InChI=1S/C8H15F3N2O4S/c1-12(5-4-7(14)17-3)18(15,16)13(2)6-8(9,10)11/h4-6H2,1-3H3. The van der Waals surface area contributed by atoms with Crippen LogP contribution in [0.2, 0.25) is 0 Å². The van der Waals surface area contributed by atoms with Crippen LogP contribution in [0.5, 0.6) is 0 Å². The summed E-state index contributed by atoms with van der Waals surface area (Å²) in [6.07, 6.45) is -4.85. The zero-order valence-electron chi connectivity index (χ0n) is 10.2. The largest absolute Gasteiger partial charge is 0.469 e. The smallest absolute Gasteiger partial charge is 0.402 e. The summed E-state index contributed by atoms with van der Waals surface area (Å²) in [5.41, 5.74) is 0. The van der Waals surface area contributed by atoms with Gasteiger partial charge in [0.25, 0.3) is 10.2 Å². The van der Waals surface area contributed by atoms with Gasteiger partial charge in [0.2, 0.25) is 0 Å². The minimum Gasteiger partial charge on any atom is -0.469 e. The van der Waals surface area contributed by atoms with Crippen molar-refractivity contribution in [2.75, 3.05) is 34.3 Å². The summed E-state index contributed by atoms with van der Waals surface area (Å²) < 4.78 is 64.6. The van der Waals surface area contributed by atoms with E-state index >= 15 is 0 Å². The SMILES string of the molecule is COC(=O)CCN(C)S(=O)(=O)N(C)CC(F)(F)F. The van der Waals surface area contributed by atoms with Gasteiger partial charge in [-0.1, -0.05) is 0 Å². The zero-order chi connectivity index (χ0) is 14.6. The molecule has 6 nitrogen and oxygen atoms in total. The van der Waals surface area contributed by atoms with Crippen LogP contribution in [0.15, 0.2) is 0 Å². The molecule has 0 fully saturated rings. The summed E-state index contributed by atoms with van der Waals surface area (Å²) in [5.74, 6) is -0.643. The Balaban J connectivity index is 4.57. The van der Waals surface area contributed by atoms with E-state index in [0.717, 1.165) is 21.2 Å². The van der Waals surface area contributed by atoms with E-state index in [1.54, 1.807) is 0 Å². The molecular weight excluding hydrogens is 277 g/mol. The number of carbonyl (C=O) groups is 1. The highest BCUT2D eigenvalue weighted by Crippen LogP contribution is 2.18. The molecule has 0 aliphatic rings. The molecule has 0 aliphatic carbocycles. The third-order valence-electron chi connectivity index (χ3n) is 2.05. The Kier molecular flexibility index (Phi) is 6.04. The van der Waals surface area contributed by atoms with Gasteiger partial charge >= 0.3 is 12.1 Å². The number of hydrogen-bond acceptors (Lipinski definition) is 4. The van der Waals surface area contributed by atoms with Gasteiger partial charge in [-0.05, 0) is 0 Å². The molecule has 0 saturated carbocycles. The van der Waals surface area contributed by atoms with Gasteiger partial charge in [0, 0.05) is 20.6 Å². The first-order chi connectivity index (χ1) is 8.00. The molecule has 0 heterocycles. The number of ether oxygens (including phenoxy) is 1. The molecular formula is C8H15F3N2O4S. The Hall–Kier alpha value is -0.870. The number of rotatable bonds is 6. The molecule has 0 unspecified atom stereocenters. The summed E-state index contributed by atoms with van der Waals surface area (Å²) >= 11 is 0. The van der Waals surface area contributed by atoms with E-state index in [1.807, 2.05) is 0 Å². The summed E-state index contributed by atoms with van der Waals surface area (Å²) in [5, 5.41) is 0. The summed E-state index contributed by atoms with van der Waals surface area (Å²) in [4.78, 5) is 10.8. The second kappa shape index (κ2) is 6.34. The fraction of sp³-hybridized carbons (Fsp3) is 0.875. The quantitative estimate of drug-likeness (QED) is 0.657. The zero-order valence-corrected chi connectivity index (χ0v) is 11.0. The third-order valence-corrected chi connectivity index (χ3v) is 3.94. The van der Waals surface area contributed by atoms with Crippen molar-refractivity contribution in [3.63, 3.8) is 0 Å². The van der Waals surface area contributed by atoms with Crippen LogP contribution >= 0.6 is 0 Å². The molecule has 0 aromatic carbocycles. The van der Waals surface area contributed by atoms with E-state index in [-0.39, 0.29) is 17.3 Å². The molecule has 0 aliphatic heterocycles. The van der Waals surface area contributed by atoms with Crippen molar-refractivity contribution in [3.8, 4) is 0 Å². The first-order valence-corrected chi connectivity index (χ1v) is 6.21. The van der Waals surface area contributed by atoms with Gasteiger partial charge in [-0.2, -0.15) is 30.2 Å².